The number of nitrogens with zero attached hydrogens (tertiary/aromatic N) is 1. The van der Waals surface area contributed by atoms with Gasteiger partial charge in [-0.15, -0.1) is 0 Å². The minimum Gasteiger partial charge on any atom is -0.493 e. The fraction of sp³-hybridized carbons (Fsp3) is 0.333. The van der Waals surface area contributed by atoms with Crippen LogP contribution in [-0.4, -0.2) is 51.1 Å². The van der Waals surface area contributed by atoms with Gasteiger partial charge in [0.2, 0.25) is 11.7 Å². The summed E-state index contributed by atoms with van der Waals surface area (Å²) in [5.41, 5.74) is 3.17. The highest BCUT2D eigenvalue weighted by molar-refractivity contribution is 6.01. The maximum absolute atomic E-state index is 13.9. The summed E-state index contributed by atoms with van der Waals surface area (Å²) in [6, 6.07) is 20.6. The third-order valence-corrected chi connectivity index (χ3v) is 6.77. The van der Waals surface area contributed by atoms with Crippen molar-refractivity contribution in [1.82, 2.24) is 10.2 Å². The molecule has 1 N–H and O–H groups in total. The minimum atomic E-state index is -0.612. The van der Waals surface area contributed by atoms with Crippen LogP contribution >= 0.6 is 0 Å². The monoisotopic (exact) mass is 502 g/mol. The van der Waals surface area contributed by atoms with Gasteiger partial charge in [-0.05, 0) is 47.7 Å². The van der Waals surface area contributed by atoms with Crippen molar-refractivity contribution in [2.24, 2.45) is 0 Å². The van der Waals surface area contributed by atoms with Gasteiger partial charge in [0.05, 0.1) is 33.3 Å². The number of methoxy groups -OCH3 is 3. The van der Waals surface area contributed by atoms with E-state index in [0.717, 1.165) is 23.1 Å². The van der Waals surface area contributed by atoms with Gasteiger partial charge in [0.1, 0.15) is 0 Å². The highest BCUT2D eigenvalue weighted by Gasteiger charge is 2.44. The van der Waals surface area contributed by atoms with Gasteiger partial charge in [-0.2, -0.15) is 0 Å². The van der Waals surface area contributed by atoms with E-state index < -0.39 is 12.0 Å². The third kappa shape index (κ3) is 5.26. The molecule has 0 aliphatic carbocycles. The fourth-order valence-corrected chi connectivity index (χ4v) is 5.09. The Labute approximate surface area is 218 Å². The van der Waals surface area contributed by atoms with E-state index in [1.54, 1.807) is 32.3 Å². The molecule has 0 spiro atoms. The fourth-order valence-electron chi connectivity index (χ4n) is 5.09. The summed E-state index contributed by atoms with van der Waals surface area (Å²) >= 11 is 0. The van der Waals surface area contributed by atoms with Crippen LogP contribution < -0.4 is 19.5 Å². The van der Waals surface area contributed by atoms with Gasteiger partial charge in [0.25, 0.3) is 5.91 Å². The Bertz CT molecular complexity index is 1220. The molecule has 4 rings (SSSR count). The van der Waals surface area contributed by atoms with E-state index in [4.69, 9.17) is 14.2 Å². The number of amides is 2. The molecular weight excluding hydrogens is 468 g/mol. The van der Waals surface area contributed by atoms with Crippen LogP contribution in [-0.2, 0) is 11.2 Å². The van der Waals surface area contributed by atoms with E-state index in [0.29, 0.717) is 42.3 Å². The van der Waals surface area contributed by atoms with Crippen LogP contribution in [0.4, 0.5) is 0 Å². The minimum absolute atomic E-state index is 0.0930. The van der Waals surface area contributed by atoms with Crippen LogP contribution in [0.1, 0.15) is 52.4 Å². The summed E-state index contributed by atoms with van der Waals surface area (Å²) in [6.45, 7) is 3.02. The Morgan fingerprint density at radius 1 is 0.919 bits per heavy atom. The molecule has 0 fully saturated rings. The first kappa shape index (κ1) is 26.1. The molecule has 1 aliphatic heterocycles. The van der Waals surface area contributed by atoms with Gasteiger partial charge < -0.3 is 24.4 Å². The van der Waals surface area contributed by atoms with E-state index in [1.807, 2.05) is 67.6 Å². The molecule has 0 aromatic heterocycles. The van der Waals surface area contributed by atoms with Gasteiger partial charge in [0, 0.05) is 18.7 Å². The van der Waals surface area contributed by atoms with E-state index in [1.165, 1.54) is 0 Å². The second-order valence-electron chi connectivity index (χ2n) is 8.99. The molecule has 0 radical (unpaired) electrons. The number of nitrogens with one attached hydrogen (secondary N) is 1. The van der Waals surface area contributed by atoms with Crippen LogP contribution in [0.5, 0.6) is 17.2 Å². The summed E-state index contributed by atoms with van der Waals surface area (Å²) in [7, 11) is 4.66. The largest absolute Gasteiger partial charge is 0.493 e. The summed E-state index contributed by atoms with van der Waals surface area (Å²) in [5, 5.41) is 3.13. The molecule has 3 aromatic rings. The second-order valence-corrected chi connectivity index (χ2v) is 8.99. The van der Waals surface area contributed by atoms with Gasteiger partial charge in [-0.3, -0.25) is 9.59 Å². The number of rotatable bonds is 10. The maximum Gasteiger partial charge on any atom is 0.254 e. The SMILES string of the molecule is CCCN1C(=O)c2ccccc2C(C(=O)NCCc2ccccc2)C1c1cc(OC)c(OC)c(OC)c1. The Morgan fingerprint density at radius 2 is 1.57 bits per heavy atom. The Morgan fingerprint density at radius 3 is 2.19 bits per heavy atom. The van der Waals surface area contributed by atoms with E-state index >= 15 is 0 Å². The summed E-state index contributed by atoms with van der Waals surface area (Å²) in [5.74, 6) is 0.576. The van der Waals surface area contributed by atoms with Crippen molar-refractivity contribution in [3.8, 4) is 17.2 Å². The molecule has 0 saturated carbocycles. The standard InChI is InChI=1S/C30H34N2O5/c1-5-17-32-27(21-18-24(35-2)28(37-4)25(19-21)36-3)26(22-13-9-10-14-23(22)30(32)34)29(33)31-16-15-20-11-7-6-8-12-20/h6-14,18-19,26-27H,5,15-17H2,1-4H3,(H,31,33). The molecule has 3 aromatic carbocycles. The Balaban J connectivity index is 1.79. The van der Waals surface area contributed by atoms with E-state index in [2.05, 4.69) is 5.32 Å². The van der Waals surface area contributed by atoms with Gasteiger partial charge in [-0.25, -0.2) is 0 Å². The number of fused-ring (bicyclic) bond motifs is 1. The van der Waals surface area contributed by atoms with Gasteiger partial charge >= 0.3 is 0 Å². The van der Waals surface area contributed by atoms with Crippen LogP contribution in [0.15, 0.2) is 66.7 Å². The molecule has 2 amide bonds. The number of carbonyl (C=O) groups is 2. The van der Waals surface area contributed by atoms with Crippen molar-refractivity contribution in [2.75, 3.05) is 34.4 Å². The zero-order valence-corrected chi connectivity index (χ0v) is 21.8. The summed E-state index contributed by atoms with van der Waals surface area (Å²) in [6.07, 6.45) is 1.46. The third-order valence-electron chi connectivity index (χ3n) is 6.77. The topological polar surface area (TPSA) is 77.1 Å². The van der Waals surface area contributed by atoms with Crippen LogP contribution in [0.2, 0.25) is 0 Å². The average molecular weight is 503 g/mol. The highest BCUT2D eigenvalue weighted by Crippen LogP contribution is 2.47. The Hall–Kier alpha value is -4.00. The number of ether oxygens (including phenoxy) is 3. The molecule has 1 heterocycles. The molecular formula is C30H34N2O5. The molecule has 37 heavy (non-hydrogen) atoms. The predicted octanol–water partition coefficient (Wildman–Crippen LogP) is 4.76. The Kier molecular flexibility index (Phi) is 8.33. The van der Waals surface area contributed by atoms with Crippen LogP contribution in [0.3, 0.4) is 0 Å². The number of hydrogen-bond acceptors (Lipinski definition) is 5. The first-order chi connectivity index (χ1) is 18.0. The van der Waals surface area contributed by atoms with Crippen molar-refractivity contribution in [3.05, 3.63) is 89.0 Å². The second kappa shape index (κ2) is 11.8. The lowest BCUT2D eigenvalue weighted by atomic mass is 9.79. The zero-order valence-electron chi connectivity index (χ0n) is 21.8. The molecule has 7 nitrogen and oxygen atoms in total. The zero-order chi connectivity index (χ0) is 26.4. The smallest absolute Gasteiger partial charge is 0.254 e. The molecule has 0 bridgehead atoms. The molecule has 2 atom stereocenters. The van der Waals surface area contributed by atoms with Crippen molar-refractivity contribution in [3.63, 3.8) is 0 Å². The normalized spacial score (nSPS) is 16.6. The first-order valence-electron chi connectivity index (χ1n) is 12.5. The highest BCUT2D eigenvalue weighted by atomic mass is 16.5. The maximum atomic E-state index is 13.9. The molecule has 7 heteroatoms. The van der Waals surface area contributed by atoms with Crippen molar-refractivity contribution < 1.29 is 23.8 Å². The van der Waals surface area contributed by atoms with Crippen molar-refractivity contribution in [2.45, 2.75) is 31.7 Å². The number of benzene rings is 3. The van der Waals surface area contributed by atoms with Gasteiger partial charge in [0.15, 0.2) is 11.5 Å². The van der Waals surface area contributed by atoms with Gasteiger partial charge in [-0.1, -0.05) is 55.5 Å². The summed E-state index contributed by atoms with van der Waals surface area (Å²) < 4.78 is 16.7. The average Bonchev–Trinajstić information content (AvgIpc) is 2.94. The quantitative estimate of drug-likeness (QED) is 0.433. The molecule has 1 aliphatic rings. The number of carbonyl (C=O) groups excluding carboxylic acids is 2. The van der Waals surface area contributed by atoms with E-state index in [9.17, 15) is 9.59 Å². The van der Waals surface area contributed by atoms with Crippen molar-refractivity contribution in [1.29, 1.82) is 0 Å². The number of hydrogen-bond donors (Lipinski definition) is 1. The van der Waals surface area contributed by atoms with E-state index in [-0.39, 0.29) is 11.8 Å². The predicted molar refractivity (Wildman–Crippen MR) is 143 cm³/mol. The van der Waals surface area contributed by atoms with Crippen molar-refractivity contribution >= 4 is 11.8 Å². The van der Waals surface area contributed by atoms with Crippen LogP contribution in [0, 0.1) is 0 Å². The lowest BCUT2D eigenvalue weighted by Gasteiger charge is -2.42. The lowest BCUT2D eigenvalue weighted by Crippen LogP contribution is -2.47. The lowest BCUT2D eigenvalue weighted by molar-refractivity contribution is -0.124. The molecule has 0 saturated heterocycles. The first-order valence-corrected chi connectivity index (χ1v) is 12.5. The van der Waals surface area contributed by atoms with Crippen LogP contribution in [0.25, 0.3) is 0 Å². The molecule has 194 valence electrons. The molecule has 2 unspecified atom stereocenters. The summed E-state index contributed by atoms with van der Waals surface area (Å²) in [4.78, 5) is 29.4.